The third-order valence-corrected chi connectivity index (χ3v) is 4.46. The molecule has 1 N–H and O–H groups in total. The predicted octanol–water partition coefficient (Wildman–Crippen LogP) is 3.25. The van der Waals surface area contributed by atoms with E-state index in [1.165, 1.54) is 18.9 Å². The number of nitrogens with one attached hydrogen (secondary N) is 1. The van der Waals surface area contributed by atoms with Gasteiger partial charge >= 0.3 is 0 Å². The minimum atomic E-state index is -0.291. The Morgan fingerprint density at radius 2 is 2.40 bits per heavy atom. The van der Waals surface area contributed by atoms with E-state index in [1.54, 1.807) is 30.6 Å². The minimum absolute atomic E-state index is 0.291. The number of thiazole rings is 1. The molecular formula is C15H17FN2OS. The molecule has 0 radical (unpaired) electrons. The number of benzene rings is 1. The Bertz CT molecular complexity index is 593. The molecule has 1 aliphatic heterocycles. The van der Waals surface area contributed by atoms with E-state index >= 15 is 0 Å². The Labute approximate surface area is 121 Å². The lowest BCUT2D eigenvalue weighted by Gasteiger charge is -2.08. The minimum Gasteiger partial charge on any atom is -0.496 e. The molecule has 0 bridgehead atoms. The number of aromatic nitrogens is 1. The van der Waals surface area contributed by atoms with Gasteiger partial charge < -0.3 is 10.1 Å². The Hall–Kier alpha value is -1.46. The van der Waals surface area contributed by atoms with Crippen molar-refractivity contribution in [2.75, 3.05) is 13.7 Å². The molecule has 2 heterocycles. The molecule has 20 heavy (non-hydrogen) atoms. The van der Waals surface area contributed by atoms with Gasteiger partial charge in [0.1, 0.15) is 11.6 Å². The number of ether oxygens (including phenoxy) is 1. The van der Waals surface area contributed by atoms with Crippen LogP contribution in [0.5, 0.6) is 5.75 Å². The van der Waals surface area contributed by atoms with Crippen molar-refractivity contribution in [3.63, 3.8) is 0 Å². The van der Waals surface area contributed by atoms with E-state index in [-0.39, 0.29) is 5.82 Å². The summed E-state index contributed by atoms with van der Waals surface area (Å²) in [4.78, 5) is 4.57. The van der Waals surface area contributed by atoms with Crippen LogP contribution in [0.25, 0.3) is 11.3 Å². The van der Waals surface area contributed by atoms with Crippen LogP contribution in [0.2, 0.25) is 0 Å². The van der Waals surface area contributed by atoms with Crippen LogP contribution in [0.1, 0.15) is 17.8 Å². The molecule has 1 fully saturated rings. The predicted molar refractivity (Wildman–Crippen MR) is 78.8 cm³/mol. The summed E-state index contributed by atoms with van der Waals surface area (Å²) >= 11 is 1.59. The first-order chi connectivity index (χ1) is 9.78. The highest BCUT2D eigenvalue weighted by Crippen LogP contribution is 2.33. The summed E-state index contributed by atoms with van der Waals surface area (Å²) in [5.41, 5.74) is 1.12. The van der Waals surface area contributed by atoms with E-state index in [4.69, 9.17) is 4.74 Å². The standard InChI is InChI=1S/C15H17FN2OS/c1-19-13-6-2-5-11(16)15(13)12-9-20-14(18-12)8-10-4-3-7-17-10/h2,5-6,9-10,17H,3-4,7-8H2,1H3. The van der Waals surface area contributed by atoms with E-state index in [2.05, 4.69) is 10.3 Å². The van der Waals surface area contributed by atoms with Gasteiger partial charge in [-0.1, -0.05) is 6.07 Å². The Morgan fingerprint density at radius 1 is 1.50 bits per heavy atom. The smallest absolute Gasteiger partial charge is 0.136 e. The molecule has 1 atom stereocenters. The highest BCUT2D eigenvalue weighted by molar-refractivity contribution is 7.09. The molecule has 0 aliphatic carbocycles. The van der Waals surface area contributed by atoms with Gasteiger partial charge in [0.15, 0.2) is 0 Å². The first-order valence-electron chi connectivity index (χ1n) is 6.78. The quantitative estimate of drug-likeness (QED) is 0.939. The lowest BCUT2D eigenvalue weighted by atomic mass is 10.1. The van der Waals surface area contributed by atoms with Crippen molar-refractivity contribution in [1.82, 2.24) is 10.3 Å². The van der Waals surface area contributed by atoms with E-state index in [9.17, 15) is 4.39 Å². The third-order valence-electron chi connectivity index (χ3n) is 3.59. The number of hydrogen-bond acceptors (Lipinski definition) is 4. The fourth-order valence-electron chi connectivity index (χ4n) is 2.58. The van der Waals surface area contributed by atoms with Gasteiger partial charge in [0.25, 0.3) is 0 Å². The Balaban J connectivity index is 1.86. The lowest BCUT2D eigenvalue weighted by Crippen LogP contribution is -2.23. The maximum absolute atomic E-state index is 14.0. The van der Waals surface area contributed by atoms with Crippen LogP contribution in [0, 0.1) is 5.82 Å². The first-order valence-corrected chi connectivity index (χ1v) is 7.66. The zero-order valence-corrected chi connectivity index (χ0v) is 12.2. The van der Waals surface area contributed by atoms with E-state index in [0.717, 1.165) is 18.0 Å². The monoisotopic (exact) mass is 292 g/mol. The normalized spacial score (nSPS) is 18.4. The van der Waals surface area contributed by atoms with Crippen molar-refractivity contribution in [3.05, 3.63) is 34.4 Å². The fourth-order valence-corrected chi connectivity index (χ4v) is 3.45. The second kappa shape index (κ2) is 5.89. The molecule has 3 nitrogen and oxygen atoms in total. The van der Waals surface area contributed by atoms with Gasteiger partial charge in [0.2, 0.25) is 0 Å². The molecule has 106 valence electrons. The van der Waals surface area contributed by atoms with Gasteiger partial charge in [0.05, 0.1) is 23.4 Å². The topological polar surface area (TPSA) is 34.1 Å². The lowest BCUT2D eigenvalue weighted by molar-refractivity contribution is 0.413. The number of halogens is 1. The summed E-state index contributed by atoms with van der Waals surface area (Å²) in [6.45, 7) is 1.09. The van der Waals surface area contributed by atoms with Crippen LogP contribution in [0.3, 0.4) is 0 Å². The molecule has 1 aromatic carbocycles. The van der Waals surface area contributed by atoms with Gasteiger partial charge in [0, 0.05) is 17.8 Å². The van der Waals surface area contributed by atoms with Crippen molar-refractivity contribution >= 4 is 11.3 Å². The van der Waals surface area contributed by atoms with Gasteiger partial charge in [-0.25, -0.2) is 9.37 Å². The second-order valence-corrected chi connectivity index (χ2v) is 5.88. The van der Waals surface area contributed by atoms with Crippen molar-refractivity contribution in [2.45, 2.75) is 25.3 Å². The molecule has 5 heteroatoms. The third kappa shape index (κ3) is 2.69. The van der Waals surface area contributed by atoms with Crippen LogP contribution in [0.4, 0.5) is 4.39 Å². The number of nitrogens with zero attached hydrogens (tertiary/aromatic N) is 1. The Kier molecular flexibility index (Phi) is 3.98. The zero-order valence-electron chi connectivity index (χ0n) is 11.4. The highest BCUT2D eigenvalue weighted by atomic mass is 32.1. The van der Waals surface area contributed by atoms with Crippen molar-refractivity contribution in [3.8, 4) is 17.0 Å². The zero-order chi connectivity index (χ0) is 13.9. The molecule has 0 amide bonds. The molecule has 2 aromatic rings. The number of rotatable bonds is 4. The summed E-state index contributed by atoms with van der Waals surface area (Å²) in [6, 6.07) is 5.36. The van der Waals surface area contributed by atoms with E-state index in [1.807, 2.05) is 5.38 Å². The van der Waals surface area contributed by atoms with E-state index < -0.39 is 0 Å². The van der Waals surface area contributed by atoms with Gasteiger partial charge in [-0.3, -0.25) is 0 Å². The highest BCUT2D eigenvalue weighted by Gasteiger charge is 2.18. The molecule has 1 saturated heterocycles. The SMILES string of the molecule is COc1cccc(F)c1-c1csc(CC2CCCN2)n1. The van der Waals surface area contributed by atoms with Crippen LogP contribution in [0.15, 0.2) is 23.6 Å². The van der Waals surface area contributed by atoms with Crippen LogP contribution < -0.4 is 10.1 Å². The summed E-state index contributed by atoms with van der Waals surface area (Å²) in [5, 5.41) is 6.41. The second-order valence-electron chi connectivity index (χ2n) is 4.94. The maximum atomic E-state index is 14.0. The first kappa shape index (κ1) is 13.5. The summed E-state index contributed by atoms with van der Waals surface area (Å²) in [5.74, 6) is 0.237. The molecule has 3 rings (SSSR count). The van der Waals surface area contributed by atoms with Crippen LogP contribution in [-0.4, -0.2) is 24.7 Å². The fraction of sp³-hybridized carbons (Fsp3) is 0.400. The molecule has 1 unspecified atom stereocenters. The molecule has 1 aliphatic rings. The molecule has 0 spiro atoms. The van der Waals surface area contributed by atoms with Crippen molar-refractivity contribution in [2.24, 2.45) is 0 Å². The number of methoxy groups -OCH3 is 1. The van der Waals surface area contributed by atoms with Gasteiger partial charge in [-0.2, -0.15) is 0 Å². The summed E-state index contributed by atoms with van der Waals surface area (Å²) < 4.78 is 19.2. The average molecular weight is 292 g/mol. The van der Waals surface area contributed by atoms with Crippen LogP contribution >= 0.6 is 11.3 Å². The van der Waals surface area contributed by atoms with Gasteiger partial charge in [-0.05, 0) is 31.5 Å². The Morgan fingerprint density at radius 3 is 3.15 bits per heavy atom. The average Bonchev–Trinajstić information content (AvgIpc) is 3.11. The largest absolute Gasteiger partial charge is 0.496 e. The summed E-state index contributed by atoms with van der Waals surface area (Å²) in [6.07, 6.45) is 3.34. The molecule has 1 aromatic heterocycles. The van der Waals surface area contributed by atoms with Gasteiger partial charge in [-0.15, -0.1) is 11.3 Å². The number of hydrogen-bond donors (Lipinski definition) is 1. The molecule has 0 saturated carbocycles. The van der Waals surface area contributed by atoms with Crippen molar-refractivity contribution < 1.29 is 9.13 Å². The molecular weight excluding hydrogens is 275 g/mol. The summed E-state index contributed by atoms with van der Waals surface area (Å²) in [7, 11) is 1.55. The van der Waals surface area contributed by atoms with Crippen molar-refractivity contribution in [1.29, 1.82) is 0 Å². The van der Waals surface area contributed by atoms with E-state index in [0.29, 0.717) is 23.0 Å². The van der Waals surface area contributed by atoms with Crippen LogP contribution in [-0.2, 0) is 6.42 Å². The maximum Gasteiger partial charge on any atom is 0.136 e.